The van der Waals surface area contributed by atoms with Gasteiger partial charge in [0.2, 0.25) is 5.91 Å². The molecule has 1 unspecified atom stereocenters. The van der Waals surface area contributed by atoms with Gasteiger partial charge >= 0.3 is 6.18 Å². The Labute approximate surface area is 134 Å². The molecule has 2 aromatic heterocycles. The first-order chi connectivity index (χ1) is 11.3. The number of halogens is 3. The topological polar surface area (TPSA) is 73.3 Å². The molecule has 3 rings (SSSR count). The van der Waals surface area contributed by atoms with E-state index in [0.717, 1.165) is 12.1 Å². The van der Waals surface area contributed by atoms with E-state index < -0.39 is 23.6 Å². The summed E-state index contributed by atoms with van der Waals surface area (Å²) >= 11 is 0. The molecule has 5 nitrogen and oxygen atoms in total. The lowest BCUT2D eigenvalue weighted by Crippen LogP contribution is -2.21. The number of carbonyl (C=O) groups is 1. The number of rotatable bonds is 3. The van der Waals surface area contributed by atoms with E-state index >= 15 is 0 Å². The highest BCUT2D eigenvalue weighted by Crippen LogP contribution is 2.32. The number of fused-ring (bicyclic) bond motifs is 1. The highest BCUT2D eigenvalue weighted by Gasteiger charge is 2.30. The molecule has 0 aliphatic carbocycles. The SMILES string of the molecule is CC(C(N)=O)c1ccnc2c(-c3ccc(C(F)(F)F)cc3)cnn12. The molecule has 1 amide bonds. The summed E-state index contributed by atoms with van der Waals surface area (Å²) < 4.78 is 39.5. The molecule has 24 heavy (non-hydrogen) atoms. The molecule has 124 valence electrons. The smallest absolute Gasteiger partial charge is 0.369 e. The molecule has 0 radical (unpaired) electrons. The lowest BCUT2D eigenvalue weighted by molar-refractivity contribution is -0.137. The minimum Gasteiger partial charge on any atom is -0.369 e. The van der Waals surface area contributed by atoms with E-state index in [1.165, 1.54) is 29.0 Å². The number of hydrogen-bond acceptors (Lipinski definition) is 3. The summed E-state index contributed by atoms with van der Waals surface area (Å²) in [7, 11) is 0. The van der Waals surface area contributed by atoms with Crippen LogP contribution in [0.1, 0.15) is 24.1 Å². The second-order valence-corrected chi connectivity index (χ2v) is 5.36. The molecule has 0 aliphatic rings. The van der Waals surface area contributed by atoms with Crippen LogP contribution in [-0.2, 0) is 11.0 Å². The average molecular weight is 334 g/mol. The Balaban J connectivity index is 2.09. The van der Waals surface area contributed by atoms with Gasteiger partial charge in [-0.3, -0.25) is 4.79 Å². The third kappa shape index (κ3) is 2.70. The van der Waals surface area contributed by atoms with Gasteiger partial charge in [-0.05, 0) is 30.7 Å². The largest absolute Gasteiger partial charge is 0.416 e. The highest BCUT2D eigenvalue weighted by molar-refractivity contribution is 5.82. The lowest BCUT2D eigenvalue weighted by atomic mass is 10.1. The van der Waals surface area contributed by atoms with Gasteiger partial charge in [0.25, 0.3) is 0 Å². The van der Waals surface area contributed by atoms with Crippen LogP contribution in [-0.4, -0.2) is 20.5 Å². The van der Waals surface area contributed by atoms with Crippen molar-refractivity contribution < 1.29 is 18.0 Å². The maximum Gasteiger partial charge on any atom is 0.416 e. The van der Waals surface area contributed by atoms with Crippen LogP contribution >= 0.6 is 0 Å². The molecule has 0 bridgehead atoms. The molecular weight excluding hydrogens is 321 g/mol. The van der Waals surface area contributed by atoms with Gasteiger partial charge in [-0.25, -0.2) is 9.50 Å². The minimum atomic E-state index is -4.39. The first-order valence-corrected chi connectivity index (χ1v) is 7.08. The number of benzene rings is 1. The van der Waals surface area contributed by atoms with Crippen molar-refractivity contribution in [3.8, 4) is 11.1 Å². The fourth-order valence-electron chi connectivity index (χ4n) is 2.43. The molecule has 1 aromatic carbocycles. The summed E-state index contributed by atoms with van der Waals surface area (Å²) in [5.74, 6) is -1.08. The van der Waals surface area contributed by atoms with Crippen LogP contribution in [0.15, 0.2) is 42.7 Å². The summed E-state index contributed by atoms with van der Waals surface area (Å²) in [5, 5.41) is 4.19. The normalized spacial score (nSPS) is 13.2. The van der Waals surface area contributed by atoms with Crippen LogP contribution in [0.3, 0.4) is 0 Å². The van der Waals surface area contributed by atoms with Gasteiger partial charge < -0.3 is 5.73 Å². The first kappa shape index (κ1) is 16.0. The third-order valence-corrected chi connectivity index (χ3v) is 3.82. The second-order valence-electron chi connectivity index (χ2n) is 5.36. The minimum absolute atomic E-state index is 0.445. The van der Waals surface area contributed by atoms with Crippen molar-refractivity contribution >= 4 is 11.6 Å². The quantitative estimate of drug-likeness (QED) is 0.800. The average Bonchev–Trinajstić information content (AvgIpc) is 2.97. The van der Waals surface area contributed by atoms with Crippen molar-refractivity contribution in [1.29, 1.82) is 0 Å². The Kier molecular flexibility index (Phi) is 3.75. The maximum atomic E-state index is 12.7. The monoisotopic (exact) mass is 334 g/mol. The van der Waals surface area contributed by atoms with Gasteiger partial charge in [0.15, 0.2) is 5.65 Å². The third-order valence-electron chi connectivity index (χ3n) is 3.82. The molecule has 1 atom stereocenters. The summed E-state index contributed by atoms with van der Waals surface area (Å²) in [6.45, 7) is 1.65. The van der Waals surface area contributed by atoms with Crippen molar-refractivity contribution in [1.82, 2.24) is 14.6 Å². The zero-order valence-electron chi connectivity index (χ0n) is 12.6. The molecular formula is C16H13F3N4O. The molecule has 0 aliphatic heterocycles. The van der Waals surface area contributed by atoms with Crippen molar-refractivity contribution in [2.75, 3.05) is 0 Å². The van der Waals surface area contributed by atoms with Crippen LogP contribution < -0.4 is 5.73 Å². The van der Waals surface area contributed by atoms with E-state index in [9.17, 15) is 18.0 Å². The summed E-state index contributed by atoms with van der Waals surface area (Å²) in [6, 6.07) is 6.38. The standard InChI is InChI=1S/C16H13F3N4O/c1-9(14(20)24)13-6-7-21-15-12(8-22-23(13)15)10-2-4-11(5-3-10)16(17,18)19/h2-9H,1H3,(H2,20,24). The molecule has 0 spiro atoms. The van der Waals surface area contributed by atoms with E-state index in [-0.39, 0.29) is 0 Å². The zero-order valence-corrected chi connectivity index (χ0v) is 12.6. The van der Waals surface area contributed by atoms with Crippen LogP contribution in [0.5, 0.6) is 0 Å². The number of aromatic nitrogens is 3. The number of hydrogen-bond donors (Lipinski definition) is 1. The van der Waals surface area contributed by atoms with Crippen LogP contribution in [0, 0.1) is 0 Å². The summed E-state index contributed by atoms with van der Waals surface area (Å²) in [4.78, 5) is 15.6. The molecule has 2 N–H and O–H groups in total. The van der Waals surface area contributed by atoms with E-state index in [4.69, 9.17) is 5.73 Å². The molecule has 3 aromatic rings. The van der Waals surface area contributed by atoms with Crippen LogP contribution in [0.25, 0.3) is 16.8 Å². The number of nitrogens with two attached hydrogens (primary N) is 1. The van der Waals surface area contributed by atoms with Crippen LogP contribution in [0.4, 0.5) is 13.2 Å². The van der Waals surface area contributed by atoms with Gasteiger partial charge in [0.1, 0.15) is 0 Å². The Hall–Kier alpha value is -2.90. The fourth-order valence-corrected chi connectivity index (χ4v) is 2.43. The van der Waals surface area contributed by atoms with Crippen LogP contribution in [0.2, 0.25) is 0 Å². The zero-order chi connectivity index (χ0) is 17.5. The molecule has 8 heteroatoms. The van der Waals surface area contributed by atoms with Crippen molar-refractivity contribution in [2.24, 2.45) is 5.73 Å². The van der Waals surface area contributed by atoms with Crippen molar-refractivity contribution in [3.05, 3.63) is 54.0 Å². The summed E-state index contributed by atoms with van der Waals surface area (Å²) in [6.07, 6.45) is -1.37. The number of primary amides is 1. The Morgan fingerprint density at radius 2 is 1.88 bits per heavy atom. The van der Waals surface area contributed by atoms with Gasteiger partial charge in [-0.1, -0.05) is 12.1 Å². The van der Waals surface area contributed by atoms with Crippen molar-refractivity contribution in [3.63, 3.8) is 0 Å². The summed E-state index contributed by atoms with van der Waals surface area (Å²) in [5.41, 5.74) is 6.73. The maximum absolute atomic E-state index is 12.7. The van der Waals surface area contributed by atoms with Gasteiger partial charge in [-0.15, -0.1) is 0 Å². The van der Waals surface area contributed by atoms with Gasteiger partial charge in [0.05, 0.1) is 23.4 Å². The number of alkyl halides is 3. The van der Waals surface area contributed by atoms with E-state index in [0.29, 0.717) is 22.5 Å². The molecule has 0 saturated heterocycles. The van der Waals surface area contributed by atoms with Crippen molar-refractivity contribution in [2.45, 2.75) is 19.0 Å². The fraction of sp³-hybridized carbons (Fsp3) is 0.188. The lowest BCUT2D eigenvalue weighted by Gasteiger charge is -2.10. The van der Waals surface area contributed by atoms with Gasteiger partial charge in [0, 0.05) is 11.8 Å². The molecule has 0 fully saturated rings. The predicted molar refractivity (Wildman–Crippen MR) is 81.0 cm³/mol. The van der Waals surface area contributed by atoms with Gasteiger partial charge in [-0.2, -0.15) is 18.3 Å². The highest BCUT2D eigenvalue weighted by atomic mass is 19.4. The Bertz CT molecular complexity index is 900. The Morgan fingerprint density at radius 1 is 1.21 bits per heavy atom. The number of amides is 1. The molecule has 2 heterocycles. The van der Waals surface area contributed by atoms with E-state index in [1.807, 2.05) is 0 Å². The predicted octanol–water partition coefficient (Wildman–Crippen LogP) is 3.00. The molecule has 0 saturated carbocycles. The Morgan fingerprint density at radius 3 is 2.46 bits per heavy atom. The second kappa shape index (κ2) is 5.63. The first-order valence-electron chi connectivity index (χ1n) is 7.08. The number of nitrogens with zero attached hydrogens (tertiary/aromatic N) is 3. The van der Waals surface area contributed by atoms with E-state index in [1.54, 1.807) is 13.0 Å². The number of carbonyl (C=O) groups excluding carboxylic acids is 1. The van der Waals surface area contributed by atoms with E-state index in [2.05, 4.69) is 10.1 Å².